The molecule has 0 aliphatic heterocycles. The first-order valence-electron chi connectivity index (χ1n) is 4.60. The average Bonchev–Trinajstić information content (AvgIpc) is 2.84. The van der Waals surface area contributed by atoms with E-state index < -0.39 is 0 Å². The van der Waals surface area contributed by atoms with Gasteiger partial charge in [-0.3, -0.25) is 0 Å². The maximum Gasteiger partial charge on any atom is 0.163 e. The lowest BCUT2D eigenvalue weighted by Gasteiger charge is -2.12. The van der Waals surface area contributed by atoms with Gasteiger partial charge in [-0.1, -0.05) is 5.16 Å². The van der Waals surface area contributed by atoms with Gasteiger partial charge in [0.15, 0.2) is 5.76 Å². The molecule has 0 saturated heterocycles. The van der Waals surface area contributed by atoms with Crippen molar-refractivity contribution in [1.82, 2.24) is 5.16 Å². The molecular formula is C9H15N3O. The second-order valence-electron chi connectivity index (χ2n) is 3.71. The van der Waals surface area contributed by atoms with Crippen molar-refractivity contribution >= 4 is 5.69 Å². The number of hydrogen-bond acceptors (Lipinski definition) is 4. The van der Waals surface area contributed by atoms with E-state index in [1.807, 2.05) is 19.0 Å². The molecule has 1 aliphatic carbocycles. The van der Waals surface area contributed by atoms with Gasteiger partial charge >= 0.3 is 0 Å². The average molecular weight is 181 g/mol. The molecule has 1 aromatic rings. The van der Waals surface area contributed by atoms with E-state index in [9.17, 15) is 0 Å². The first-order chi connectivity index (χ1) is 6.24. The molecule has 0 aromatic carbocycles. The van der Waals surface area contributed by atoms with Crippen LogP contribution in [0.1, 0.15) is 30.2 Å². The predicted molar refractivity (Wildman–Crippen MR) is 50.7 cm³/mol. The van der Waals surface area contributed by atoms with Crippen LogP contribution in [0.2, 0.25) is 0 Å². The fourth-order valence-electron chi connectivity index (χ4n) is 1.56. The third-order valence-electron chi connectivity index (χ3n) is 2.35. The Balaban J connectivity index is 2.38. The summed E-state index contributed by atoms with van der Waals surface area (Å²) in [5.74, 6) is 1.61. The molecule has 0 unspecified atom stereocenters. The van der Waals surface area contributed by atoms with Crippen LogP contribution in [0.4, 0.5) is 5.69 Å². The van der Waals surface area contributed by atoms with E-state index >= 15 is 0 Å². The van der Waals surface area contributed by atoms with Crippen LogP contribution < -0.4 is 10.6 Å². The number of nitrogens with zero attached hydrogens (tertiary/aromatic N) is 2. The summed E-state index contributed by atoms with van der Waals surface area (Å²) in [7, 11) is 4.00. The molecule has 2 N–H and O–H groups in total. The number of nitrogens with two attached hydrogens (primary N) is 1. The van der Waals surface area contributed by atoms with Crippen molar-refractivity contribution in [3.8, 4) is 0 Å². The minimum absolute atomic E-state index is 0.448. The monoisotopic (exact) mass is 181 g/mol. The van der Waals surface area contributed by atoms with Crippen LogP contribution in [-0.2, 0) is 6.54 Å². The van der Waals surface area contributed by atoms with Gasteiger partial charge in [-0.05, 0) is 12.8 Å². The van der Waals surface area contributed by atoms with Crippen molar-refractivity contribution in [2.45, 2.75) is 25.3 Å². The Bertz CT molecular complexity index is 302. The zero-order valence-corrected chi connectivity index (χ0v) is 8.08. The molecule has 4 heteroatoms. The van der Waals surface area contributed by atoms with Gasteiger partial charge in [-0.25, -0.2) is 0 Å². The van der Waals surface area contributed by atoms with Crippen LogP contribution in [0.5, 0.6) is 0 Å². The standard InChI is InChI=1S/C9H15N3O/c1-12(2)8-7(5-10)11-13-9(8)6-3-4-6/h6H,3-5,10H2,1-2H3. The minimum Gasteiger partial charge on any atom is -0.373 e. The van der Waals surface area contributed by atoms with Gasteiger partial charge in [0.1, 0.15) is 11.4 Å². The number of aromatic nitrogens is 1. The number of hydrogen-bond donors (Lipinski definition) is 1. The van der Waals surface area contributed by atoms with Crippen molar-refractivity contribution in [3.63, 3.8) is 0 Å². The van der Waals surface area contributed by atoms with Crippen LogP contribution in [0.3, 0.4) is 0 Å². The lowest BCUT2D eigenvalue weighted by atomic mass is 10.2. The molecule has 2 rings (SSSR count). The van der Waals surface area contributed by atoms with E-state index in [2.05, 4.69) is 5.16 Å². The van der Waals surface area contributed by atoms with Crippen molar-refractivity contribution in [2.75, 3.05) is 19.0 Å². The van der Waals surface area contributed by atoms with Gasteiger partial charge in [0, 0.05) is 26.6 Å². The quantitative estimate of drug-likeness (QED) is 0.758. The lowest BCUT2D eigenvalue weighted by molar-refractivity contribution is 0.378. The van der Waals surface area contributed by atoms with E-state index in [4.69, 9.17) is 10.3 Å². The fraction of sp³-hybridized carbons (Fsp3) is 0.667. The highest BCUT2D eigenvalue weighted by molar-refractivity contribution is 5.54. The molecule has 1 heterocycles. The zero-order chi connectivity index (χ0) is 9.42. The Labute approximate surface area is 77.7 Å². The van der Waals surface area contributed by atoms with E-state index in [1.165, 1.54) is 12.8 Å². The van der Waals surface area contributed by atoms with E-state index in [0.717, 1.165) is 17.1 Å². The molecule has 0 radical (unpaired) electrons. The van der Waals surface area contributed by atoms with E-state index in [-0.39, 0.29) is 0 Å². The summed E-state index contributed by atoms with van der Waals surface area (Å²) >= 11 is 0. The molecule has 1 fully saturated rings. The molecule has 1 aromatic heterocycles. The van der Waals surface area contributed by atoms with Gasteiger partial charge in [0.2, 0.25) is 0 Å². The van der Waals surface area contributed by atoms with Crippen molar-refractivity contribution < 1.29 is 4.52 Å². The molecule has 0 atom stereocenters. The Morgan fingerprint density at radius 1 is 1.54 bits per heavy atom. The predicted octanol–water partition coefficient (Wildman–Crippen LogP) is 1.08. The Morgan fingerprint density at radius 3 is 2.69 bits per heavy atom. The normalized spacial score (nSPS) is 16.2. The van der Waals surface area contributed by atoms with Crippen molar-refractivity contribution in [3.05, 3.63) is 11.5 Å². The van der Waals surface area contributed by atoms with Crippen LogP contribution in [0.15, 0.2) is 4.52 Å². The maximum atomic E-state index is 5.57. The van der Waals surface area contributed by atoms with Gasteiger partial charge in [0.25, 0.3) is 0 Å². The number of rotatable bonds is 3. The lowest BCUT2D eigenvalue weighted by Crippen LogP contribution is -2.13. The number of anilines is 1. The molecule has 0 amide bonds. The SMILES string of the molecule is CN(C)c1c(CN)noc1C1CC1. The summed E-state index contributed by atoms with van der Waals surface area (Å²) in [4.78, 5) is 2.03. The second kappa shape index (κ2) is 3.03. The molecule has 0 bridgehead atoms. The van der Waals surface area contributed by atoms with E-state index in [0.29, 0.717) is 12.5 Å². The largest absolute Gasteiger partial charge is 0.373 e. The molecular weight excluding hydrogens is 166 g/mol. The van der Waals surface area contributed by atoms with Gasteiger partial charge in [-0.2, -0.15) is 0 Å². The van der Waals surface area contributed by atoms with Crippen LogP contribution in [0.25, 0.3) is 0 Å². The van der Waals surface area contributed by atoms with Crippen LogP contribution >= 0.6 is 0 Å². The van der Waals surface area contributed by atoms with Crippen molar-refractivity contribution in [2.24, 2.45) is 5.73 Å². The third kappa shape index (κ3) is 1.42. The molecule has 1 aliphatic rings. The Morgan fingerprint density at radius 2 is 2.23 bits per heavy atom. The van der Waals surface area contributed by atoms with E-state index in [1.54, 1.807) is 0 Å². The van der Waals surface area contributed by atoms with Crippen molar-refractivity contribution in [1.29, 1.82) is 0 Å². The van der Waals surface area contributed by atoms with Gasteiger partial charge < -0.3 is 15.2 Å². The topological polar surface area (TPSA) is 55.3 Å². The summed E-state index contributed by atoms with van der Waals surface area (Å²) in [6, 6.07) is 0. The molecule has 13 heavy (non-hydrogen) atoms. The summed E-state index contributed by atoms with van der Waals surface area (Å²) in [6.07, 6.45) is 2.44. The zero-order valence-electron chi connectivity index (χ0n) is 8.08. The summed E-state index contributed by atoms with van der Waals surface area (Å²) < 4.78 is 5.30. The maximum absolute atomic E-state index is 5.57. The first-order valence-corrected chi connectivity index (χ1v) is 4.60. The fourth-order valence-corrected chi connectivity index (χ4v) is 1.56. The summed E-state index contributed by atoms with van der Waals surface area (Å²) in [6.45, 7) is 0.448. The molecule has 1 saturated carbocycles. The summed E-state index contributed by atoms with van der Waals surface area (Å²) in [5, 5.41) is 3.98. The third-order valence-corrected chi connectivity index (χ3v) is 2.35. The first kappa shape index (κ1) is 8.56. The van der Waals surface area contributed by atoms with Crippen LogP contribution in [-0.4, -0.2) is 19.3 Å². The minimum atomic E-state index is 0.448. The van der Waals surface area contributed by atoms with Gasteiger partial charge in [0.05, 0.1) is 0 Å². The smallest absolute Gasteiger partial charge is 0.163 e. The molecule has 72 valence electrons. The highest BCUT2D eigenvalue weighted by Crippen LogP contribution is 2.45. The molecule has 4 nitrogen and oxygen atoms in total. The summed E-state index contributed by atoms with van der Waals surface area (Å²) in [5.41, 5.74) is 7.53. The highest BCUT2D eigenvalue weighted by Gasteiger charge is 2.32. The van der Waals surface area contributed by atoms with Crippen LogP contribution in [0, 0.1) is 0 Å². The molecule has 0 spiro atoms. The van der Waals surface area contributed by atoms with Gasteiger partial charge in [-0.15, -0.1) is 0 Å². The second-order valence-corrected chi connectivity index (χ2v) is 3.71. The Hall–Kier alpha value is -1.03. The Kier molecular flexibility index (Phi) is 2.00. The highest BCUT2D eigenvalue weighted by atomic mass is 16.5.